The highest BCUT2D eigenvalue weighted by Crippen LogP contribution is 2.14. The largest absolute Gasteiger partial charge is 0.373 e. The molecule has 2 atom stereocenters. The van der Waals surface area contributed by atoms with E-state index in [2.05, 4.69) is 25.7 Å². The molecule has 0 aromatic heterocycles. The van der Waals surface area contributed by atoms with Crippen molar-refractivity contribution < 1.29 is 4.74 Å². The lowest BCUT2D eigenvalue weighted by molar-refractivity contribution is -0.0807. The standard InChI is InChI=1S/C11H24N2O/c1-9(2)6-13-7-10(3)14-11(8-13)4-5-12/h9-11H,4-8,12H2,1-3H3. The van der Waals surface area contributed by atoms with Gasteiger partial charge < -0.3 is 10.5 Å². The van der Waals surface area contributed by atoms with Crippen LogP contribution in [0.2, 0.25) is 0 Å². The summed E-state index contributed by atoms with van der Waals surface area (Å²) in [6.07, 6.45) is 1.69. The minimum atomic E-state index is 0.350. The topological polar surface area (TPSA) is 38.5 Å². The van der Waals surface area contributed by atoms with Gasteiger partial charge in [0.25, 0.3) is 0 Å². The second-order valence-electron chi connectivity index (χ2n) is 4.76. The molecule has 14 heavy (non-hydrogen) atoms. The highest BCUT2D eigenvalue weighted by Gasteiger charge is 2.24. The molecule has 0 amide bonds. The van der Waals surface area contributed by atoms with Crippen molar-refractivity contribution in [1.29, 1.82) is 0 Å². The number of nitrogens with zero attached hydrogens (tertiary/aromatic N) is 1. The van der Waals surface area contributed by atoms with Gasteiger partial charge in [0.2, 0.25) is 0 Å². The summed E-state index contributed by atoms with van der Waals surface area (Å²) in [5.74, 6) is 0.735. The molecule has 0 saturated carbocycles. The van der Waals surface area contributed by atoms with Gasteiger partial charge in [-0.2, -0.15) is 0 Å². The first-order chi connectivity index (χ1) is 6.61. The summed E-state index contributed by atoms with van der Waals surface area (Å²) in [5, 5.41) is 0. The fourth-order valence-electron chi connectivity index (χ4n) is 2.15. The minimum absolute atomic E-state index is 0.350. The summed E-state index contributed by atoms with van der Waals surface area (Å²) in [5.41, 5.74) is 5.55. The van der Waals surface area contributed by atoms with E-state index in [4.69, 9.17) is 10.5 Å². The van der Waals surface area contributed by atoms with E-state index in [1.54, 1.807) is 0 Å². The average molecular weight is 200 g/mol. The van der Waals surface area contributed by atoms with Crippen molar-refractivity contribution in [2.45, 2.75) is 39.4 Å². The monoisotopic (exact) mass is 200 g/mol. The summed E-state index contributed by atoms with van der Waals surface area (Å²) in [7, 11) is 0. The highest BCUT2D eigenvalue weighted by atomic mass is 16.5. The summed E-state index contributed by atoms with van der Waals surface area (Å²) < 4.78 is 5.82. The highest BCUT2D eigenvalue weighted by molar-refractivity contribution is 4.76. The summed E-state index contributed by atoms with van der Waals surface area (Å²) in [6.45, 7) is 10.7. The predicted molar refractivity (Wildman–Crippen MR) is 59.3 cm³/mol. The third-order valence-corrected chi connectivity index (χ3v) is 2.51. The van der Waals surface area contributed by atoms with Crippen LogP contribution in [-0.4, -0.2) is 43.3 Å². The molecule has 0 aliphatic carbocycles. The van der Waals surface area contributed by atoms with Gasteiger partial charge in [0, 0.05) is 19.6 Å². The van der Waals surface area contributed by atoms with Crippen molar-refractivity contribution in [1.82, 2.24) is 4.90 Å². The smallest absolute Gasteiger partial charge is 0.0718 e. The number of hydrogen-bond acceptors (Lipinski definition) is 3. The number of ether oxygens (including phenoxy) is 1. The molecule has 0 bridgehead atoms. The van der Waals surface area contributed by atoms with Crippen LogP contribution in [0.3, 0.4) is 0 Å². The van der Waals surface area contributed by atoms with Gasteiger partial charge in [-0.25, -0.2) is 0 Å². The third kappa shape index (κ3) is 3.95. The molecule has 1 rings (SSSR count). The average Bonchev–Trinajstić information content (AvgIpc) is 2.01. The molecule has 3 heteroatoms. The predicted octanol–water partition coefficient (Wildman–Crippen LogP) is 1.08. The maximum absolute atomic E-state index is 5.82. The van der Waals surface area contributed by atoms with Crippen molar-refractivity contribution in [3.63, 3.8) is 0 Å². The van der Waals surface area contributed by atoms with Crippen molar-refractivity contribution in [3.8, 4) is 0 Å². The lowest BCUT2D eigenvalue weighted by Crippen LogP contribution is -2.48. The Hall–Kier alpha value is -0.120. The molecule has 1 aliphatic heterocycles. The normalized spacial score (nSPS) is 29.8. The maximum atomic E-state index is 5.82. The van der Waals surface area contributed by atoms with Crippen LogP contribution in [0.25, 0.3) is 0 Å². The van der Waals surface area contributed by atoms with Gasteiger partial charge in [-0.3, -0.25) is 4.90 Å². The second-order valence-corrected chi connectivity index (χ2v) is 4.76. The quantitative estimate of drug-likeness (QED) is 0.738. The molecule has 0 aromatic carbocycles. The molecular formula is C11H24N2O. The zero-order chi connectivity index (χ0) is 10.6. The Labute approximate surface area is 87.6 Å². The van der Waals surface area contributed by atoms with Crippen LogP contribution in [0.15, 0.2) is 0 Å². The molecule has 84 valence electrons. The maximum Gasteiger partial charge on any atom is 0.0718 e. The molecule has 0 aromatic rings. The van der Waals surface area contributed by atoms with Gasteiger partial charge in [0.1, 0.15) is 0 Å². The van der Waals surface area contributed by atoms with E-state index >= 15 is 0 Å². The Bertz CT molecular complexity index is 159. The molecule has 3 nitrogen and oxygen atoms in total. The molecule has 0 radical (unpaired) electrons. The van der Waals surface area contributed by atoms with Gasteiger partial charge in [0.15, 0.2) is 0 Å². The van der Waals surface area contributed by atoms with Crippen LogP contribution in [0.1, 0.15) is 27.2 Å². The number of nitrogens with two attached hydrogens (primary N) is 1. The van der Waals surface area contributed by atoms with Crippen LogP contribution >= 0.6 is 0 Å². The van der Waals surface area contributed by atoms with E-state index in [-0.39, 0.29) is 0 Å². The van der Waals surface area contributed by atoms with Crippen molar-refractivity contribution in [3.05, 3.63) is 0 Å². The second kappa shape index (κ2) is 5.69. The van der Waals surface area contributed by atoms with Crippen LogP contribution < -0.4 is 5.73 Å². The first-order valence-corrected chi connectivity index (χ1v) is 5.69. The van der Waals surface area contributed by atoms with Crippen molar-refractivity contribution >= 4 is 0 Å². The molecule has 1 heterocycles. The summed E-state index contributed by atoms with van der Waals surface area (Å²) in [4.78, 5) is 2.50. The minimum Gasteiger partial charge on any atom is -0.373 e. The Balaban J connectivity index is 2.37. The third-order valence-electron chi connectivity index (χ3n) is 2.51. The molecule has 2 unspecified atom stereocenters. The molecule has 1 fully saturated rings. The van der Waals surface area contributed by atoms with E-state index in [0.717, 1.165) is 32.0 Å². The van der Waals surface area contributed by atoms with E-state index < -0.39 is 0 Å². The van der Waals surface area contributed by atoms with Crippen molar-refractivity contribution in [2.75, 3.05) is 26.2 Å². The fraction of sp³-hybridized carbons (Fsp3) is 1.00. The lowest BCUT2D eigenvalue weighted by atomic mass is 10.1. The van der Waals surface area contributed by atoms with Crippen LogP contribution in [-0.2, 0) is 4.74 Å². The van der Waals surface area contributed by atoms with E-state index in [1.807, 2.05) is 0 Å². The lowest BCUT2D eigenvalue weighted by Gasteiger charge is -2.37. The van der Waals surface area contributed by atoms with Gasteiger partial charge >= 0.3 is 0 Å². The number of rotatable bonds is 4. The Morgan fingerprint density at radius 1 is 1.43 bits per heavy atom. The number of morpholine rings is 1. The first kappa shape index (κ1) is 12.0. The van der Waals surface area contributed by atoms with Crippen LogP contribution in [0.5, 0.6) is 0 Å². The van der Waals surface area contributed by atoms with Crippen LogP contribution in [0.4, 0.5) is 0 Å². The van der Waals surface area contributed by atoms with Gasteiger partial charge in [-0.15, -0.1) is 0 Å². The zero-order valence-corrected chi connectivity index (χ0v) is 9.70. The van der Waals surface area contributed by atoms with E-state index in [9.17, 15) is 0 Å². The molecular weight excluding hydrogens is 176 g/mol. The fourth-order valence-corrected chi connectivity index (χ4v) is 2.15. The van der Waals surface area contributed by atoms with E-state index in [1.165, 1.54) is 6.54 Å². The van der Waals surface area contributed by atoms with Gasteiger partial charge in [-0.1, -0.05) is 13.8 Å². The van der Waals surface area contributed by atoms with E-state index in [0.29, 0.717) is 12.2 Å². The van der Waals surface area contributed by atoms with Gasteiger partial charge in [-0.05, 0) is 25.8 Å². The molecule has 1 aliphatic rings. The zero-order valence-electron chi connectivity index (χ0n) is 9.70. The molecule has 1 saturated heterocycles. The number of hydrogen-bond donors (Lipinski definition) is 1. The molecule has 2 N–H and O–H groups in total. The Kier molecular flexibility index (Phi) is 4.85. The first-order valence-electron chi connectivity index (χ1n) is 5.69. The van der Waals surface area contributed by atoms with Crippen LogP contribution in [0, 0.1) is 5.92 Å². The Morgan fingerprint density at radius 3 is 2.71 bits per heavy atom. The summed E-state index contributed by atoms with van der Waals surface area (Å²) in [6, 6.07) is 0. The van der Waals surface area contributed by atoms with Gasteiger partial charge in [0.05, 0.1) is 12.2 Å². The Morgan fingerprint density at radius 2 is 2.14 bits per heavy atom. The summed E-state index contributed by atoms with van der Waals surface area (Å²) >= 11 is 0. The van der Waals surface area contributed by atoms with Crippen molar-refractivity contribution in [2.24, 2.45) is 11.7 Å². The molecule has 0 spiro atoms. The SMILES string of the molecule is CC(C)CN1CC(C)OC(CCN)C1.